The van der Waals surface area contributed by atoms with E-state index < -0.39 is 0 Å². The number of carbonyl (C=O) groups is 1. The quantitative estimate of drug-likeness (QED) is 0.820. The molecule has 0 aliphatic rings. The molecule has 0 radical (unpaired) electrons. The first-order chi connectivity index (χ1) is 8.61. The van der Waals surface area contributed by atoms with E-state index in [1.54, 1.807) is 24.1 Å². The molecule has 0 saturated carbocycles. The third-order valence-corrected chi connectivity index (χ3v) is 2.97. The number of nitrogens with two attached hydrogens (primary N) is 1. The average Bonchev–Trinajstić information content (AvgIpc) is 2.38. The second-order valence-electron chi connectivity index (χ2n) is 4.24. The van der Waals surface area contributed by atoms with Crippen molar-refractivity contribution in [2.75, 3.05) is 17.7 Å². The smallest absolute Gasteiger partial charge is 0.260 e. The summed E-state index contributed by atoms with van der Waals surface area (Å²) in [5, 5.41) is 0. The Morgan fingerprint density at radius 1 is 1.06 bits per heavy atom. The maximum atomic E-state index is 12.4. The minimum atomic E-state index is -0.0950. The Labute approximate surface area is 107 Å². The van der Waals surface area contributed by atoms with Crippen molar-refractivity contribution in [2.24, 2.45) is 0 Å². The molecule has 0 bridgehead atoms. The zero-order valence-corrected chi connectivity index (χ0v) is 10.6. The van der Waals surface area contributed by atoms with Crippen molar-refractivity contribution in [1.29, 1.82) is 0 Å². The lowest BCUT2D eigenvalue weighted by Crippen LogP contribution is -2.27. The lowest BCUT2D eigenvalue weighted by Gasteiger charge is -2.20. The molecule has 0 atom stereocenters. The molecule has 3 nitrogen and oxygen atoms in total. The summed E-state index contributed by atoms with van der Waals surface area (Å²) in [5.74, 6) is -0.0950. The van der Waals surface area contributed by atoms with Crippen LogP contribution in [-0.2, 0) is 0 Å². The Bertz CT molecular complexity index is 578. The molecule has 0 aliphatic carbocycles. The molecule has 0 saturated heterocycles. The molecule has 92 valence electrons. The van der Waals surface area contributed by atoms with Crippen molar-refractivity contribution in [2.45, 2.75) is 6.92 Å². The minimum absolute atomic E-state index is 0.0950. The van der Waals surface area contributed by atoms with E-state index in [1.807, 2.05) is 43.3 Å². The van der Waals surface area contributed by atoms with Crippen molar-refractivity contribution < 1.29 is 4.79 Å². The molecule has 0 unspecified atom stereocenters. The highest BCUT2D eigenvalue weighted by Gasteiger charge is 2.16. The molecular formula is C15H16N2O. The highest BCUT2D eigenvalue weighted by Crippen LogP contribution is 2.21. The highest BCUT2D eigenvalue weighted by molar-refractivity contribution is 6.09. The van der Waals surface area contributed by atoms with Crippen LogP contribution < -0.4 is 10.6 Å². The van der Waals surface area contributed by atoms with Crippen LogP contribution in [0.1, 0.15) is 15.9 Å². The first-order valence-electron chi connectivity index (χ1n) is 5.79. The molecule has 3 heteroatoms. The normalized spacial score (nSPS) is 10.1. The highest BCUT2D eigenvalue weighted by atomic mass is 16.2. The zero-order chi connectivity index (χ0) is 13.1. The van der Waals surface area contributed by atoms with E-state index in [2.05, 4.69) is 0 Å². The number of carbonyl (C=O) groups excluding carboxylic acids is 1. The first-order valence-corrected chi connectivity index (χ1v) is 5.79. The van der Waals surface area contributed by atoms with Gasteiger partial charge in [0.05, 0.1) is 5.56 Å². The van der Waals surface area contributed by atoms with Crippen LogP contribution in [0, 0.1) is 6.92 Å². The topological polar surface area (TPSA) is 46.3 Å². The van der Waals surface area contributed by atoms with Crippen LogP contribution in [0.2, 0.25) is 0 Å². The van der Waals surface area contributed by atoms with Crippen molar-refractivity contribution in [3.8, 4) is 0 Å². The van der Waals surface area contributed by atoms with Gasteiger partial charge in [0.2, 0.25) is 0 Å². The van der Waals surface area contributed by atoms with E-state index in [4.69, 9.17) is 5.73 Å². The summed E-state index contributed by atoms with van der Waals surface area (Å²) in [7, 11) is 1.76. The maximum Gasteiger partial charge on any atom is 0.260 e. The Morgan fingerprint density at radius 2 is 1.67 bits per heavy atom. The van der Waals surface area contributed by atoms with Crippen LogP contribution in [0.25, 0.3) is 0 Å². The Hall–Kier alpha value is -2.29. The van der Waals surface area contributed by atoms with Crippen LogP contribution in [0.3, 0.4) is 0 Å². The molecule has 0 heterocycles. The van der Waals surface area contributed by atoms with E-state index in [0.717, 1.165) is 11.3 Å². The molecule has 2 N–H and O–H groups in total. The lowest BCUT2D eigenvalue weighted by molar-refractivity contribution is 0.0993. The molecule has 0 aliphatic heterocycles. The minimum Gasteiger partial charge on any atom is -0.398 e. The molecule has 0 spiro atoms. The van der Waals surface area contributed by atoms with Gasteiger partial charge in [0, 0.05) is 18.4 Å². The molecule has 2 aromatic rings. The van der Waals surface area contributed by atoms with E-state index in [9.17, 15) is 4.79 Å². The van der Waals surface area contributed by atoms with Gasteiger partial charge in [0.1, 0.15) is 0 Å². The van der Waals surface area contributed by atoms with Gasteiger partial charge in [-0.05, 0) is 30.7 Å². The van der Waals surface area contributed by atoms with Crippen LogP contribution >= 0.6 is 0 Å². The summed E-state index contributed by atoms with van der Waals surface area (Å²) in [6.07, 6.45) is 0. The van der Waals surface area contributed by atoms with Gasteiger partial charge in [0.25, 0.3) is 5.91 Å². The van der Waals surface area contributed by atoms with E-state index in [-0.39, 0.29) is 5.91 Å². The van der Waals surface area contributed by atoms with Crippen molar-refractivity contribution in [1.82, 2.24) is 0 Å². The summed E-state index contributed by atoms with van der Waals surface area (Å²) >= 11 is 0. The largest absolute Gasteiger partial charge is 0.398 e. The van der Waals surface area contributed by atoms with E-state index in [1.165, 1.54) is 0 Å². The third-order valence-electron chi connectivity index (χ3n) is 2.97. The molecule has 2 rings (SSSR count). The number of para-hydroxylation sites is 2. The average molecular weight is 240 g/mol. The van der Waals surface area contributed by atoms with Gasteiger partial charge in [-0.25, -0.2) is 0 Å². The number of nitrogen functional groups attached to an aromatic ring is 1. The van der Waals surface area contributed by atoms with Crippen LogP contribution in [0.4, 0.5) is 11.4 Å². The van der Waals surface area contributed by atoms with Gasteiger partial charge < -0.3 is 10.6 Å². The van der Waals surface area contributed by atoms with Gasteiger partial charge in [0.15, 0.2) is 0 Å². The molecule has 0 fully saturated rings. The summed E-state index contributed by atoms with van der Waals surface area (Å²) in [6.45, 7) is 1.98. The second-order valence-corrected chi connectivity index (χ2v) is 4.24. The van der Waals surface area contributed by atoms with Crippen molar-refractivity contribution in [3.05, 3.63) is 59.7 Å². The number of hydrogen-bond acceptors (Lipinski definition) is 2. The number of rotatable bonds is 2. The predicted molar refractivity (Wildman–Crippen MR) is 74.8 cm³/mol. The Kier molecular flexibility index (Phi) is 3.33. The fourth-order valence-electron chi connectivity index (χ4n) is 1.92. The third kappa shape index (κ3) is 2.20. The molecular weight excluding hydrogens is 224 g/mol. The zero-order valence-electron chi connectivity index (χ0n) is 10.6. The van der Waals surface area contributed by atoms with Crippen LogP contribution in [0.15, 0.2) is 48.5 Å². The molecule has 2 aromatic carbocycles. The van der Waals surface area contributed by atoms with E-state index >= 15 is 0 Å². The monoisotopic (exact) mass is 240 g/mol. The van der Waals surface area contributed by atoms with Gasteiger partial charge >= 0.3 is 0 Å². The summed E-state index contributed by atoms with van der Waals surface area (Å²) in [6, 6.07) is 14.9. The van der Waals surface area contributed by atoms with Gasteiger partial charge in [-0.15, -0.1) is 0 Å². The first kappa shape index (κ1) is 12.2. The maximum absolute atomic E-state index is 12.4. The standard InChI is InChI=1S/C15H16N2O/c1-11-7-3-6-10-14(11)17(2)15(18)12-8-4-5-9-13(12)16/h3-10H,16H2,1-2H3. The predicted octanol–water partition coefficient (Wildman–Crippen LogP) is 2.85. The summed E-state index contributed by atoms with van der Waals surface area (Å²) < 4.78 is 0. The van der Waals surface area contributed by atoms with Gasteiger partial charge in [-0.1, -0.05) is 30.3 Å². The fourth-order valence-corrected chi connectivity index (χ4v) is 1.92. The number of anilines is 2. The SMILES string of the molecule is Cc1ccccc1N(C)C(=O)c1ccccc1N. The van der Waals surface area contributed by atoms with Crippen LogP contribution in [0.5, 0.6) is 0 Å². The van der Waals surface area contributed by atoms with E-state index in [0.29, 0.717) is 11.3 Å². The lowest BCUT2D eigenvalue weighted by atomic mass is 10.1. The number of amides is 1. The summed E-state index contributed by atoms with van der Waals surface area (Å²) in [5.41, 5.74) is 8.81. The Balaban J connectivity index is 2.36. The number of benzene rings is 2. The van der Waals surface area contributed by atoms with Crippen molar-refractivity contribution >= 4 is 17.3 Å². The summed E-state index contributed by atoms with van der Waals surface area (Å²) in [4.78, 5) is 14.0. The molecule has 1 amide bonds. The van der Waals surface area contributed by atoms with Crippen LogP contribution in [-0.4, -0.2) is 13.0 Å². The number of hydrogen-bond donors (Lipinski definition) is 1. The molecule has 0 aromatic heterocycles. The van der Waals surface area contributed by atoms with Gasteiger partial charge in [-0.2, -0.15) is 0 Å². The number of aryl methyl sites for hydroxylation is 1. The Morgan fingerprint density at radius 3 is 2.33 bits per heavy atom. The number of nitrogens with zero attached hydrogens (tertiary/aromatic N) is 1. The second kappa shape index (κ2) is 4.92. The van der Waals surface area contributed by atoms with Crippen molar-refractivity contribution in [3.63, 3.8) is 0 Å². The molecule has 18 heavy (non-hydrogen) atoms. The fraction of sp³-hybridized carbons (Fsp3) is 0.133. The van der Waals surface area contributed by atoms with Gasteiger partial charge in [-0.3, -0.25) is 4.79 Å².